The molecule has 0 atom stereocenters. The highest BCUT2D eigenvalue weighted by Crippen LogP contribution is 2.19. The van der Waals surface area contributed by atoms with Gasteiger partial charge in [0, 0.05) is 12.0 Å². The number of carbonyl (C=O) groups excluding carboxylic acids is 2. The number of nitrogens with one attached hydrogen (secondary N) is 3. The minimum absolute atomic E-state index is 0.168. The van der Waals surface area contributed by atoms with E-state index in [0.29, 0.717) is 5.69 Å². The van der Waals surface area contributed by atoms with Crippen molar-refractivity contribution in [2.75, 3.05) is 11.9 Å². The molecule has 0 aromatic carbocycles. The number of aromatic nitrogens is 2. The zero-order valence-electron chi connectivity index (χ0n) is 13.0. The number of hydrogen-bond donors (Lipinski definition) is 3. The molecule has 21 heavy (non-hydrogen) atoms. The first-order valence-corrected chi connectivity index (χ1v) is 6.61. The van der Waals surface area contributed by atoms with Crippen molar-refractivity contribution in [2.45, 2.75) is 34.6 Å². The van der Waals surface area contributed by atoms with Gasteiger partial charge in [-0.3, -0.25) is 14.7 Å². The van der Waals surface area contributed by atoms with Gasteiger partial charge in [-0.25, -0.2) is 0 Å². The van der Waals surface area contributed by atoms with Crippen LogP contribution in [0, 0.1) is 22.2 Å². The molecule has 0 aliphatic carbocycles. The van der Waals surface area contributed by atoms with Crippen LogP contribution in [-0.4, -0.2) is 28.6 Å². The van der Waals surface area contributed by atoms with E-state index in [1.807, 2.05) is 0 Å². The summed E-state index contributed by atoms with van der Waals surface area (Å²) in [5.41, 5.74) is -0.748. The highest BCUT2D eigenvalue weighted by molar-refractivity contribution is 6.03. The van der Waals surface area contributed by atoms with Gasteiger partial charge in [0.05, 0.1) is 23.4 Å². The van der Waals surface area contributed by atoms with Crippen LogP contribution in [0.4, 0.5) is 5.69 Å². The summed E-state index contributed by atoms with van der Waals surface area (Å²) in [4.78, 5) is 24.0. The van der Waals surface area contributed by atoms with E-state index in [2.05, 4.69) is 26.9 Å². The fraction of sp³-hybridized carbons (Fsp3) is 0.571. The van der Waals surface area contributed by atoms with Gasteiger partial charge in [0.25, 0.3) is 5.91 Å². The molecule has 114 valence electrons. The van der Waals surface area contributed by atoms with Crippen molar-refractivity contribution in [1.82, 2.24) is 15.5 Å². The molecule has 0 spiro atoms. The zero-order valence-corrected chi connectivity index (χ0v) is 13.0. The van der Waals surface area contributed by atoms with Crippen LogP contribution in [-0.2, 0) is 4.79 Å². The van der Waals surface area contributed by atoms with E-state index in [4.69, 9.17) is 5.26 Å². The molecule has 0 aliphatic rings. The van der Waals surface area contributed by atoms with Gasteiger partial charge in [-0.1, -0.05) is 20.8 Å². The van der Waals surface area contributed by atoms with Gasteiger partial charge in [0.15, 0.2) is 0 Å². The van der Waals surface area contributed by atoms with E-state index in [9.17, 15) is 9.59 Å². The molecule has 0 bridgehead atoms. The first kappa shape index (κ1) is 16.7. The van der Waals surface area contributed by atoms with Crippen molar-refractivity contribution in [2.24, 2.45) is 10.8 Å². The molecule has 7 nitrogen and oxygen atoms in total. The van der Waals surface area contributed by atoms with Gasteiger partial charge < -0.3 is 10.6 Å². The third-order valence-electron chi connectivity index (χ3n) is 2.79. The monoisotopic (exact) mass is 291 g/mol. The number of nitrogens with zero attached hydrogens (tertiary/aromatic N) is 2. The predicted octanol–water partition coefficient (Wildman–Crippen LogP) is 1.67. The van der Waals surface area contributed by atoms with Gasteiger partial charge in [0.1, 0.15) is 5.69 Å². The quantitative estimate of drug-likeness (QED) is 0.783. The second-order valence-electron chi connectivity index (χ2n) is 6.54. The van der Waals surface area contributed by atoms with E-state index in [-0.39, 0.29) is 18.1 Å². The van der Waals surface area contributed by atoms with Gasteiger partial charge in [-0.15, -0.1) is 0 Å². The maximum atomic E-state index is 12.1. The number of anilines is 1. The van der Waals surface area contributed by atoms with Crippen LogP contribution in [0.3, 0.4) is 0 Å². The third kappa shape index (κ3) is 4.60. The van der Waals surface area contributed by atoms with Crippen molar-refractivity contribution < 1.29 is 9.59 Å². The molecular weight excluding hydrogens is 270 g/mol. The lowest BCUT2D eigenvalue weighted by Crippen LogP contribution is -2.34. The molecule has 2 amide bonds. The lowest BCUT2D eigenvalue weighted by Gasteiger charge is -2.18. The minimum atomic E-state index is -0.662. The van der Waals surface area contributed by atoms with Crippen molar-refractivity contribution >= 4 is 17.5 Å². The molecule has 1 aromatic rings. The Balaban J connectivity index is 2.78. The van der Waals surface area contributed by atoms with E-state index in [0.717, 1.165) is 0 Å². The first-order valence-electron chi connectivity index (χ1n) is 6.61. The number of rotatable bonds is 4. The molecule has 0 radical (unpaired) electrons. The molecule has 0 aliphatic heterocycles. The van der Waals surface area contributed by atoms with Crippen molar-refractivity contribution in [3.63, 3.8) is 0 Å². The largest absolute Gasteiger partial charge is 0.349 e. The lowest BCUT2D eigenvalue weighted by atomic mass is 9.95. The number of H-pyrrole nitrogens is 1. The second-order valence-corrected chi connectivity index (χ2v) is 6.54. The van der Waals surface area contributed by atoms with E-state index in [1.165, 1.54) is 6.20 Å². The Morgan fingerprint density at radius 3 is 2.48 bits per heavy atom. The van der Waals surface area contributed by atoms with E-state index in [1.54, 1.807) is 34.6 Å². The molecular formula is C14H21N5O2. The summed E-state index contributed by atoms with van der Waals surface area (Å²) in [6.45, 7) is 8.98. The maximum Gasteiger partial charge on any atom is 0.271 e. The molecule has 7 heteroatoms. The Morgan fingerprint density at radius 2 is 1.95 bits per heavy atom. The van der Waals surface area contributed by atoms with Crippen LogP contribution in [0.5, 0.6) is 0 Å². The van der Waals surface area contributed by atoms with Gasteiger partial charge in [-0.05, 0) is 13.8 Å². The topological polar surface area (TPSA) is 111 Å². The van der Waals surface area contributed by atoms with E-state index >= 15 is 0 Å². The van der Waals surface area contributed by atoms with Crippen LogP contribution in [0.1, 0.15) is 45.1 Å². The average Bonchev–Trinajstić information content (AvgIpc) is 2.83. The summed E-state index contributed by atoms with van der Waals surface area (Å²) in [5.74, 6) is -0.629. The Bertz CT molecular complexity index is 575. The van der Waals surface area contributed by atoms with Crippen molar-refractivity contribution in [3.05, 3.63) is 11.9 Å². The normalized spacial score (nSPS) is 11.6. The number of hydrogen-bond acceptors (Lipinski definition) is 4. The van der Waals surface area contributed by atoms with Crippen molar-refractivity contribution in [1.29, 1.82) is 5.26 Å². The SMILES string of the molecule is CC(C)(C#N)CNC(=O)c1[nH]ncc1NC(=O)C(C)(C)C. The lowest BCUT2D eigenvalue weighted by molar-refractivity contribution is -0.123. The standard InChI is InChI=1S/C14H21N5O2/c1-13(2,3)12(21)18-9-6-17-19-10(9)11(20)16-8-14(4,5)7-15/h6H,8H2,1-5H3,(H,16,20)(H,17,19)(H,18,21). The fourth-order valence-electron chi connectivity index (χ4n) is 1.29. The van der Waals surface area contributed by atoms with Crippen LogP contribution in [0.2, 0.25) is 0 Å². The summed E-state index contributed by atoms with van der Waals surface area (Å²) in [6, 6.07) is 2.10. The first-order chi connectivity index (χ1) is 9.57. The molecule has 0 unspecified atom stereocenters. The van der Waals surface area contributed by atoms with Gasteiger partial charge >= 0.3 is 0 Å². The smallest absolute Gasteiger partial charge is 0.271 e. The van der Waals surface area contributed by atoms with Gasteiger partial charge in [-0.2, -0.15) is 10.4 Å². The molecule has 1 rings (SSSR count). The Hall–Kier alpha value is -2.36. The maximum absolute atomic E-state index is 12.1. The fourth-order valence-corrected chi connectivity index (χ4v) is 1.29. The van der Waals surface area contributed by atoms with Crippen LogP contribution in [0.15, 0.2) is 6.20 Å². The van der Waals surface area contributed by atoms with Crippen LogP contribution >= 0.6 is 0 Å². The highest BCUT2D eigenvalue weighted by Gasteiger charge is 2.25. The molecule has 1 aromatic heterocycles. The average molecular weight is 291 g/mol. The highest BCUT2D eigenvalue weighted by atomic mass is 16.2. The van der Waals surface area contributed by atoms with Crippen molar-refractivity contribution in [3.8, 4) is 6.07 Å². The minimum Gasteiger partial charge on any atom is -0.349 e. The molecule has 1 heterocycles. The molecule has 0 fully saturated rings. The molecule has 0 saturated heterocycles. The Kier molecular flexibility index (Phi) is 4.73. The summed E-state index contributed by atoms with van der Waals surface area (Å²) in [6.07, 6.45) is 1.38. The summed E-state index contributed by atoms with van der Waals surface area (Å²) < 4.78 is 0. The van der Waals surface area contributed by atoms with Gasteiger partial charge in [0.2, 0.25) is 5.91 Å². The third-order valence-corrected chi connectivity index (χ3v) is 2.79. The van der Waals surface area contributed by atoms with Crippen LogP contribution < -0.4 is 10.6 Å². The number of carbonyl (C=O) groups is 2. The zero-order chi connectivity index (χ0) is 16.3. The number of aromatic amines is 1. The summed E-state index contributed by atoms with van der Waals surface area (Å²) in [7, 11) is 0. The summed E-state index contributed by atoms with van der Waals surface area (Å²) in [5, 5.41) is 20.6. The Morgan fingerprint density at radius 1 is 1.33 bits per heavy atom. The summed E-state index contributed by atoms with van der Waals surface area (Å²) >= 11 is 0. The molecule has 3 N–H and O–H groups in total. The van der Waals surface area contributed by atoms with Crippen LogP contribution in [0.25, 0.3) is 0 Å². The Labute approximate surface area is 124 Å². The number of amides is 2. The van der Waals surface area contributed by atoms with E-state index < -0.39 is 16.7 Å². The second kappa shape index (κ2) is 5.95. The predicted molar refractivity (Wildman–Crippen MR) is 78.4 cm³/mol. The number of nitriles is 1. The molecule has 0 saturated carbocycles.